The zero-order valence-electron chi connectivity index (χ0n) is 8.42. The van der Waals surface area contributed by atoms with Crippen LogP contribution < -0.4 is 5.73 Å². The second kappa shape index (κ2) is 4.96. The van der Waals surface area contributed by atoms with Crippen LogP contribution >= 0.6 is 0 Å². The highest BCUT2D eigenvalue weighted by atomic mass is 19.4. The first kappa shape index (κ1) is 12.5. The van der Waals surface area contributed by atoms with Crippen LogP contribution in [0.25, 0.3) is 0 Å². The minimum Gasteiger partial charge on any atom is -0.384 e. The van der Waals surface area contributed by atoms with E-state index in [1.54, 1.807) is 6.07 Å². The van der Waals surface area contributed by atoms with Gasteiger partial charge in [-0.3, -0.25) is 4.79 Å². The third-order valence-corrected chi connectivity index (χ3v) is 1.93. The Morgan fingerprint density at radius 3 is 2.69 bits per heavy atom. The van der Waals surface area contributed by atoms with E-state index < -0.39 is 24.8 Å². The molecule has 6 heteroatoms. The van der Waals surface area contributed by atoms with Crippen molar-refractivity contribution in [3.63, 3.8) is 0 Å². The van der Waals surface area contributed by atoms with Crippen LogP contribution in [0.3, 0.4) is 0 Å². The molecule has 0 bridgehead atoms. The van der Waals surface area contributed by atoms with Crippen LogP contribution in [0.1, 0.15) is 18.4 Å². The minimum atomic E-state index is -4.28. The van der Waals surface area contributed by atoms with E-state index >= 15 is 0 Å². The summed E-state index contributed by atoms with van der Waals surface area (Å²) in [6, 6.07) is 3.04. The summed E-state index contributed by atoms with van der Waals surface area (Å²) in [4.78, 5) is 14.9. The van der Waals surface area contributed by atoms with Crippen molar-refractivity contribution < 1.29 is 18.0 Å². The fourth-order valence-electron chi connectivity index (χ4n) is 1.20. The normalized spacial score (nSPS) is 11.4. The van der Waals surface area contributed by atoms with Crippen molar-refractivity contribution in [3.05, 3.63) is 23.9 Å². The Balaban J connectivity index is 2.46. The molecule has 1 aromatic rings. The Morgan fingerprint density at radius 1 is 1.44 bits per heavy atom. The number of carbonyl (C=O) groups is 1. The lowest BCUT2D eigenvalue weighted by Gasteiger charge is -2.05. The Morgan fingerprint density at radius 2 is 2.12 bits per heavy atom. The van der Waals surface area contributed by atoms with Crippen LogP contribution in [0.2, 0.25) is 0 Å². The Bertz CT molecular complexity index is 377. The molecular formula is C10H11F3N2O. The highest BCUT2D eigenvalue weighted by molar-refractivity contribution is 5.81. The first-order valence-electron chi connectivity index (χ1n) is 4.66. The predicted molar refractivity (Wildman–Crippen MR) is 52.6 cm³/mol. The van der Waals surface area contributed by atoms with Crippen LogP contribution in [-0.4, -0.2) is 16.9 Å². The predicted octanol–water partition coefficient (Wildman–Crippen LogP) is 2.12. The number of nitrogens with zero attached hydrogens (tertiary/aromatic N) is 1. The highest BCUT2D eigenvalue weighted by Gasteiger charge is 2.27. The van der Waals surface area contributed by atoms with Gasteiger partial charge in [-0.05, 0) is 17.7 Å². The molecule has 0 aliphatic rings. The summed E-state index contributed by atoms with van der Waals surface area (Å²) in [5, 5.41) is 0. The maximum atomic E-state index is 11.8. The monoisotopic (exact) mass is 232 g/mol. The number of alkyl halides is 3. The van der Waals surface area contributed by atoms with Gasteiger partial charge in [0.25, 0.3) is 0 Å². The third kappa shape index (κ3) is 4.77. The van der Waals surface area contributed by atoms with Crippen molar-refractivity contribution in [2.45, 2.75) is 25.4 Å². The molecule has 16 heavy (non-hydrogen) atoms. The number of hydrogen-bond acceptors (Lipinski definition) is 3. The van der Waals surface area contributed by atoms with Crippen molar-refractivity contribution in [3.8, 4) is 0 Å². The molecule has 0 radical (unpaired) electrons. The highest BCUT2D eigenvalue weighted by Crippen LogP contribution is 2.21. The van der Waals surface area contributed by atoms with E-state index in [1.165, 1.54) is 12.3 Å². The average Bonchev–Trinajstić information content (AvgIpc) is 2.14. The molecule has 0 spiro atoms. The van der Waals surface area contributed by atoms with Gasteiger partial charge in [-0.25, -0.2) is 4.98 Å². The number of anilines is 1. The lowest BCUT2D eigenvalue weighted by molar-refractivity contribution is -0.143. The molecule has 0 saturated heterocycles. The molecule has 88 valence electrons. The number of aromatic nitrogens is 1. The van der Waals surface area contributed by atoms with Gasteiger partial charge in [-0.1, -0.05) is 0 Å². The first-order chi connectivity index (χ1) is 7.37. The Hall–Kier alpha value is -1.59. The number of carbonyl (C=O) groups excluding carboxylic acids is 1. The van der Waals surface area contributed by atoms with Crippen LogP contribution in [0, 0.1) is 0 Å². The zero-order valence-corrected chi connectivity index (χ0v) is 8.42. The lowest BCUT2D eigenvalue weighted by Crippen LogP contribution is -2.12. The van der Waals surface area contributed by atoms with E-state index in [2.05, 4.69) is 4.98 Å². The average molecular weight is 232 g/mol. The van der Waals surface area contributed by atoms with Gasteiger partial charge in [0, 0.05) is 19.0 Å². The second-order valence-corrected chi connectivity index (χ2v) is 3.42. The molecule has 0 aromatic carbocycles. The van der Waals surface area contributed by atoms with E-state index in [4.69, 9.17) is 5.73 Å². The molecular weight excluding hydrogens is 221 g/mol. The van der Waals surface area contributed by atoms with Gasteiger partial charge in [0.05, 0.1) is 6.42 Å². The van der Waals surface area contributed by atoms with Crippen LogP contribution in [-0.2, 0) is 11.2 Å². The molecule has 0 saturated carbocycles. The Labute approximate surface area is 90.5 Å². The molecule has 0 amide bonds. The number of nitrogens with two attached hydrogens (primary N) is 1. The fourth-order valence-corrected chi connectivity index (χ4v) is 1.20. The largest absolute Gasteiger partial charge is 0.389 e. The summed E-state index contributed by atoms with van der Waals surface area (Å²) >= 11 is 0. The summed E-state index contributed by atoms with van der Waals surface area (Å²) in [6.07, 6.45) is -4.48. The van der Waals surface area contributed by atoms with Crippen molar-refractivity contribution in [2.75, 3.05) is 5.73 Å². The molecule has 0 fully saturated rings. The van der Waals surface area contributed by atoms with E-state index in [9.17, 15) is 18.0 Å². The van der Waals surface area contributed by atoms with Gasteiger partial charge in [0.1, 0.15) is 11.6 Å². The quantitative estimate of drug-likeness (QED) is 0.865. The number of hydrogen-bond donors (Lipinski definition) is 1. The minimum absolute atomic E-state index is 0.0389. The van der Waals surface area contributed by atoms with Gasteiger partial charge >= 0.3 is 6.18 Å². The third-order valence-electron chi connectivity index (χ3n) is 1.93. The number of ketones is 1. The van der Waals surface area contributed by atoms with E-state index in [0.717, 1.165) is 0 Å². The van der Waals surface area contributed by atoms with Crippen LogP contribution in [0.15, 0.2) is 18.3 Å². The smallest absolute Gasteiger partial charge is 0.384 e. The molecule has 0 atom stereocenters. The lowest BCUT2D eigenvalue weighted by atomic mass is 10.1. The van der Waals surface area contributed by atoms with Gasteiger partial charge in [-0.15, -0.1) is 0 Å². The van der Waals surface area contributed by atoms with Gasteiger partial charge < -0.3 is 5.73 Å². The number of rotatable bonds is 4. The molecule has 3 nitrogen and oxygen atoms in total. The second-order valence-electron chi connectivity index (χ2n) is 3.42. The Kier molecular flexibility index (Phi) is 3.87. The van der Waals surface area contributed by atoms with Crippen molar-refractivity contribution >= 4 is 11.6 Å². The van der Waals surface area contributed by atoms with Crippen molar-refractivity contribution in [1.29, 1.82) is 0 Å². The SMILES string of the molecule is Nc1cc(CC(=O)CCC(F)(F)F)ccn1. The maximum Gasteiger partial charge on any atom is 0.389 e. The van der Waals surface area contributed by atoms with Gasteiger partial charge in [0.2, 0.25) is 0 Å². The van der Waals surface area contributed by atoms with Crippen molar-refractivity contribution in [2.24, 2.45) is 0 Å². The molecule has 1 aromatic heterocycles. The standard InChI is InChI=1S/C10H11F3N2O/c11-10(12,13)3-1-8(16)5-7-2-4-15-9(14)6-7/h2,4,6H,1,3,5H2,(H2,14,15). The molecule has 1 heterocycles. The molecule has 0 aliphatic heterocycles. The van der Waals surface area contributed by atoms with Crippen LogP contribution in [0.5, 0.6) is 0 Å². The van der Waals surface area contributed by atoms with Crippen LogP contribution in [0.4, 0.5) is 19.0 Å². The summed E-state index contributed by atoms with van der Waals surface area (Å²) in [6.45, 7) is 0. The number of nitrogen functional groups attached to an aromatic ring is 1. The first-order valence-corrected chi connectivity index (χ1v) is 4.66. The number of pyridine rings is 1. The fraction of sp³-hybridized carbons (Fsp3) is 0.400. The molecule has 1 rings (SSSR count). The summed E-state index contributed by atoms with van der Waals surface area (Å²) in [5.74, 6) is -0.205. The van der Waals surface area contributed by atoms with Gasteiger partial charge in [0.15, 0.2) is 0 Å². The zero-order chi connectivity index (χ0) is 12.2. The van der Waals surface area contributed by atoms with E-state index in [-0.39, 0.29) is 12.2 Å². The summed E-state index contributed by atoms with van der Waals surface area (Å²) < 4.78 is 35.5. The summed E-state index contributed by atoms with van der Waals surface area (Å²) in [7, 11) is 0. The van der Waals surface area contributed by atoms with E-state index in [0.29, 0.717) is 5.56 Å². The van der Waals surface area contributed by atoms with Crippen molar-refractivity contribution in [1.82, 2.24) is 4.98 Å². The maximum absolute atomic E-state index is 11.8. The number of halogens is 3. The summed E-state index contributed by atoms with van der Waals surface area (Å²) in [5.41, 5.74) is 5.96. The number of Topliss-reactive ketones (excluding diaryl/α,β-unsaturated/α-hetero) is 1. The topological polar surface area (TPSA) is 56.0 Å². The van der Waals surface area contributed by atoms with Gasteiger partial charge in [-0.2, -0.15) is 13.2 Å². The molecule has 0 unspecified atom stereocenters. The van der Waals surface area contributed by atoms with E-state index in [1.807, 2.05) is 0 Å². The molecule has 0 aliphatic carbocycles. The molecule has 2 N–H and O–H groups in total.